The maximum Gasteiger partial charge on any atom is 0.135 e. The molecule has 1 aromatic heterocycles. The molecule has 4 nitrogen and oxygen atoms in total. The number of hydrogen-bond acceptors (Lipinski definition) is 3. The molecule has 0 saturated carbocycles. The van der Waals surface area contributed by atoms with Crippen molar-refractivity contribution in [2.24, 2.45) is 0 Å². The van der Waals surface area contributed by atoms with Crippen molar-refractivity contribution >= 4 is 38.4 Å². The number of benzene rings is 2. The number of nitrogens with zero attached hydrogens (tertiary/aromatic N) is 2. The van der Waals surface area contributed by atoms with Crippen LogP contribution >= 0.6 is 27.5 Å². The van der Waals surface area contributed by atoms with Crippen LogP contribution in [0.5, 0.6) is 0 Å². The molecule has 0 radical (unpaired) electrons. The molecule has 0 amide bonds. The minimum absolute atomic E-state index is 0.124. The van der Waals surface area contributed by atoms with E-state index in [0.29, 0.717) is 11.6 Å². The molecule has 0 spiro atoms. The minimum Gasteiger partial charge on any atom is -0.373 e. The number of aromatic nitrogens is 2. The van der Waals surface area contributed by atoms with Crippen molar-refractivity contribution in [2.75, 3.05) is 26.7 Å². The Kier molecular flexibility index (Phi) is 5.98. The lowest BCUT2D eigenvalue weighted by Gasteiger charge is -2.41. The topological polar surface area (TPSA) is 41.1 Å². The van der Waals surface area contributed by atoms with Gasteiger partial charge in [-0.25, -0.2) is 4.39 Å². The van der Waals surface area contributed by atoms with Gasteiger partial charge in [-0.1, -0.05) is 23.7 Å². The molecule has 0 unspecified atom stereocenters. The number of aromatic amines is 1. The third kappa shape index (κ3) is 4.22. The number of piperidine rings is 1. The summed E-state index contributed by atoms with van der Waals surface area (Å²) in [5, 5.41) is 8.91. The van der Waals surface area contributed by atoms with E-state index in [1.54, 1.807) is 12.1 Å². The van der Waals surface area contributed by atoms with Crippen LogP contribution in [0.3, 0.4) is 0 Å². The van der Waals surface area contributed by atoms with Gasteiger partial charge in [-0.05, 0) is 85.7 Å². The summed E-state index contributed by atoms with van der Waals surface area (Å²) in [5.74, 6) is -0.211. The van der Waals surface area contributed by atoms with Crippen LogP contribution in [-0.4, -0.2) is 41.8 Å². The first-order valence-electron chi connectivity index (χ1n) is 9.77. The summed E-state index contributed by atoms with van der Waals surface area (Å²) < 4.78 is 20.7. The lowest BCUT2D eigenvalue weighted by molar-refractivity contribution is 0.00696. The van der Waals surface area contributed by atoms with E-state index in [1.165, 1.54) is 0 Å². The first-order valence-corrected chi connectivity index (χ1v) is 10.9. The normalized spacial score (nSPS) is 18.2. The third-order valence-electron chi connectivity index (χ3n) is 6.07. The van der Waals surface area contributed by atoms with E-state index >= 15 is 0 Å². The molecular weight excluding hydrogens is 457 g/mol. The molecule has 1 aliphatic rings. The fourth-order valence-corrected chi connectivity index (χ4v) is 4.77. The molecule has 2 heterocycles. The quantitative estimate of drug-likeness (QED) is 0.497. The molecule has 7 heteroatoms. The van der Waals surface area contributed by atoms with Gasteiger partial charge in [0, 0.05) is 21.4 Å². The van der Waals surface area contributed by atoms with Crippen LogP contribution in [0.1, 0.15) is 37.0 Å². The van der Waals surface area contributed by atoms with Gasteiger partial charge in [-0.15, -0.1) is 0 Å². The lowest BCUT2D eigenvalue weighted by Crippen LogP contribution is -2.44. The van der Waals surface area contributed by atoms with Crippen LogP contribution in [0.15, 0.2) is 41.0 Å². The Labute approximate surface area is 183 Å². The molecule has 154 valence electrons. The van der Waals surface area contributed by atoms with E-state index in [-0.39, 0.29) is 17.3 Å². The molecule has 0 aliphatic carbocycles. The lowest BCUT2D eigenvalue weighted by atomic mass is 9.73. The van der Waals surface area contributed by atoms with Crippen molar-refractivity contribution in [1.29, 1.82) is 0 Å². The predicted molar refractivity (Wildman–Crippen MR) is 118 cm³/mol. The van der Waals surface area contributed by atoms with E-state index < -0.39 is 0 Å². The van der Waals surface area contributed by atoms with Gasteiger partial charge < -0.3 is 9.64 Å². The molecular formula is C22H24BrClFN3O. The Bertz CT molecular complexity index is 999. The number of halogens is 3. The van der Waals surface area contributed by atoms with E-state index in [4.69, 9.17) is 16.3 Å². The molecule has 0 bridgehead atoms. The Balaban J connectivity index is 1.60. The Morgan fingerprint density at radius 1 is 1.28 bits per heavy atom. The van der Waals surface area contributed by atoms with E-state index in [1.807, 2.05) is 31.2 Å². The third-order valence-corrected chi connectivity index (χ3v) is 6.89. The number of nitrogens with one attached hydrogen (secondary N) is 1. The summed E-state index contributed by atoms with van der Waals surface area (Å²) in [6.07, 6.45) is 1.78. The summed E-state index contributed by atoms with van der Waals surface area (Å²) in [6, 6.07) is 10.7. The van der Waals surface area contributed by atoms with Crippen molar-refractivity contribution in [2.45, 2.75) is 31.3 Å². The van der Waals surface area contributed by atoms with Crippen LogP contribution in [0.4, 0.5) is 4.39 Å². The molecule has 4 rings (SSSR count). The maximum atomic E-state index is 13.5. The SMILES string of the molecule is C[C@@H](OCC1(c2ccc(F)cc2)CCN(C)CC1)c1cc(Cl)cc2c(Br)n[nH]c12. The number of rotatable bonds is 5. The smallest absolute Gasteiger partial charge is 0.135 e. The molecule has 2 aromatic carbocycles. The average molecular weight is 481 g/mol. The monoisotopic (exact) mass is 479 g/mol. The van der Waals surface area contributed by atoms with Crippen molar-refractivity contribution in [3.63, 3.8) is 0 Å². The van der Waals surface area contributed by atoms with Crippen molar-refractivity contribution in [3.8, 4) is 0 Å². The van der Waals surface area contributed by atoms with Crippen molar-refractivity contribution in [1.82, 2.24) is 15.1 Å². The van der Waals surface area contributed by atoms with Crippen LogP contribution in [0, 0.1) is 5.82 Å². The highest BCUT2D eigenvalue weighted by Crippen LogP contribution is 2.38. The number of H-pyrrole nitrogens is 1. The van der Waals surface area contributed by atoms with Gasteiger partial charge in [-0.3, -0.25) is 5.10 Å². The predicted octanol–water partition coefficient (Wildman–Crippen LogP) is 5.86. The van der Waals surface area contributed by atoms with Gasteiger partial charge in [0.15, 0.2) is 0 Å². The number of fused-ring (bicyclic) bond motifs is 1. The van der Waals surface area contributed by atoms with Gasteiger partial charge in [-0.2, -0.15) is 5.10 Å². The van der Waals surface area contributed by atoms with Crippen LogP contribution in [0.2, 0.25) is 5.02 Å². The molecule has 1 saturated heterocycles. The fraction of sp³-hybridized carbons (Fsp3) is 0.409. The number of ether oxygens (including phenoxy) is 1. The summed E-state index contributed by atoms with van der Waals surface area (Å²) in [6.45, 7) is 4.58. The van der Waals surface area contributed by atoms with Crippen molar-refractivity contribution in [3.05, 3.63) is 63.0 Å². The van der Waals surface area contributed by atoms with E-state index in [0.717, 1.165) is 52.6 Å². The summed E-state index contributed by atoms with van der Waals surface area (Å²) in [7, 11) is 2.14. The molecule has 3 aromatic rings. The molecule has 1 atom stereocenters. The number of likely N-dealkylation sites (tertiary alicyclic amines) is 1. The van der Waals surface area contributed by atoms with Gasteiger partial charge in [0.05, 0.1) is 18.2 Å². The summed E-state index contributed by atoms with van der Waals surface area (Å²) >= 11 is 9.80. The zero-order chi connectivity index (χ0) is 20.6. The molecule has 1 N–H and O–H groups in total. The van der Waals surface area contributed by atoms with Crippen LogP contribution < -0.4 is 0 Å². The minimum atomic E-state index is -0.211. The fourth-order valence-electron chi connectivity index (χ4n) is 4.14. The van der Waals surface area contributed by atoms with E-state index in [9.17, 15) is 4.39 Å². The second-order valence-corrected chi connectivity index (χ2v) is 9.16. The highest BCUT2D eigenvalue weighted by molar-refractivity contribution is 9.10. The second-order valence-electron chi connectivity index (χ2n) is 7.98. The number of hydrogen-bond donors (Lipinski definition) is 1. The first-order chi connectivity index (χ1) is 13.9. The van der Waals surface area contributed by atoms with E-state index in [2.05, 4.69) is 38.1 Å². The molecule has 1 aliphatic heterocycles. The zero-order valence-corrected chi connectivity index (χ0v) is 18.9. The average Bonchev–Trinajstić information content (AvgIpc) is 3.08. The van der Waals surface area contributed by atoms with Gasteiger partial charge in [0.1, 0.15) is 10.4 Å². The summed E-state index contributed by atoms with van der Waals surface area (Å²) in [4.78, 5) is 2.33. The van der Waals surface area contributed by atoms with Gasteiger partial charge in [0.25, 0.3) is 0 Å². The van der Waals surface area contributed by atoms with Crippen LogP contribution in [-0.2, 0) is 10.2 Å². The highest BCUT2D eigenvalue weighted by atomic mass is 79.9. The van der Waals surface area contributed by atoms with Gasteiger partial charge >= 0.3 is 0 Å². The van der Waals surface area contributed by atoms with Crippen LogP contribution in [0.25, 0.3) is 10.9 Å². The van der Waals surface area contributed by atoms with Crippen molar-refractivity contribution < 1.29 is 9.13 Å². The Morgan fingerprint density at radius 2 is 1.97 bits per heavy atom. The summed E-state index contributed by atoms with van der Waals surface area (Å²) in [5.41, 5.74) is 2.92. The first kappa shape index (κ1) is 20.8. The standard InChI is InChI=1S/C22H24BrClFN3O/c1-14(18-11-16(24)12-19-20(18)26-27-21(19)23)29-13-22(7-9-28(2)10-8-22)15-3-5-17(25)6-4-15/h3-6,11-12,14H,7-10,13H2,1-2H3,(H,26,27)/t14-/m1/s1. The molecule has 1 fully saturated rings. The highest BCUT2D eigenvalue weighted by Gasteiger charge is 2.36. The molecule has 29 heavy (non-hydrogen) atoms. The second kappa shape index (κ2) is 8.34. The zero-order valence-electron chi connectivity index (χ0n) is 16.5. The maximum absolute atomic E-state index is 13.5. The van der Waals surface area contributed by atoms with Gasteiger partial charge in [0.2, 0.25) is 0 Å². The largest absolute Gasteiger partial charge is 0.373 e. The Morgan fingerprint density at radius 3 is 2.66 bits per heavy atom. The Hall–Kier alpha value is -1.47.